The monoisotopic (exact) mass is 573 g/mol. The number of benzene rings is 2. The molecular formula is C33H43N5O4. The van der Waals surface area contributed by atoms with Crippen molar-refractivity contribution in [3.05, 3.63) is 83.7 Å². The Morgan fingerprint density at radius 3 is 2.26 bits per heavy atom. The summed E-state index contributed by atoms with van der Waals surface area (Å²) in [6.45, 7) is 3.87. The third kappa shape index (κ3) is 8.06. The van der Waals surface area contributed by atoms with E-state index < -0.39 is 18.1 Å². The lowest BCUT2D eigenvalue weighted by atomic mass is 9.83. The van der Waals surface area contributed by atoms with Gasteiger partial charge >= 0.3 is 0 Å². The molecule has 3 atom stereocenters. The summed E-state index contributed by atoms with van der Waals surface area (Å²) in [6, 6.07) is 15.7. The fourth-order valence-electron chi connectivity index (χ4n) is 5.58. The van der Waals surface area contributed by atoms with E-state index in [0.29, 0.717) is 13.0 Å². The van der Waals surface area contributed by atoms with E-state index in [1.54, 1.807) is 31.3 Å². The number of amides is 4. The van der Waals surface area contributed by atoms with Crippen molar-refractivity contribution in [3.8, 4) is 0 Å². The lowest BCUT2D eigenvalue weighted by Gasteiger charge is -2.36. The van der Waals surface area contributed by atoms with Crippen LogP contribution >= 0.6 is 0 Å². The highest BCUT2D eigenvalue weighted by Gasteiger charge is 2.36. The zero-order chi connectivity index (χ0) is 30.1. The van der Waals surface area contributed by atoms with Crippen LogP contribution in [0.25, 0.3) is 0 Å². The third-order valence-electron chi connectivity index (χ3n) is 8.29. The zero-order valence-electron chi connectivity index (χ0n) is 24.8. The number of nitrogens with one attached hydrogen (secondary N) is 3. The molecule has 0 saturated heterocycles. The van der Waals surface area contributed by atoms with Crippen molar-refractivity contribution >= 4 is 23.6 Å². The van der Waals surface area contributed by atoms with Crippen molar-refractivity contribution < 1.29 is 19.2 Å². The third-order valence-corrected chi connectivity index (χ3v) is 8.29. The van der Waals surface area contributed by atoms with Crippen LogP contribution in [0.15, 0.2) is 67.0 Å². The molecule has 1 fully saturated rings. The molecule has 0 bridgehead atoms. The van der Waals surface area contributed by atoms with E-state index in [1.807, 2.05) is 61.5 Å². The van der Waals surface area contributed by atoms with Gasteiger partial charge in [0.15, 0.2) is 0 Å². The Labute approximate surface area is 248 Å². The van der Waals surface area contributed by atoms with Crippen molar-refractivity contribution in [2.75, 3.05) is 13.6 Å². The van der Waals surface area contributed by atoms with E-state index in [2.05, 4.69) is 16.0 Å². The highest BCUT2D eigenvalue weighted by molar-refractivity contribution is 5.94. The molecule has 0 unspecified atom stereocenters. The van der Waals surface area contributed by atoms with E-state index in [1.165, 1.54) is 4.90 Å². The van der Waals surface area contributed by atoms with Crippen molar-refractivity contribution in [1.82, 2.24) is 25.8 Å². The average Bonchev–Trinajstić information content (AvgIpc) is 3.01. The molecule has 1 aliphatic heterocycles. The van der Waals surface area contributed by atoms with Crippen molar-refractivity contribution in [2.24, 2.45) is 5.92 Å². The minimum atomic E-state index is -0.752. The maximum Gasteiger partial charge on any atom is 0.250 e. The zero-order valence-corrected chi connectivity index (χ0v) is 24.8. The molecule has 2 aromatic rings. The molecule has 1 saturated carbocycles. The van der Waals surface area contributed by atoms with Crippen LogP contribution in [0.3, 0.4) is 0 Å². The molecule has 1 heterocycles. The summed E-state index contributed by atoms with van der Waals surface area (Å²) in [5.41, 5.74) is 3.07. The lowest BCUT2D eigenvalue weighted by molar-refractivity contribution is -0.144. The molecule has 9 heteroatoms. The number of rotatable bonds is 11. The first-order valence-electron chi connectivity index (χ1n) is 14.9. The van der Waals surface area contributed by atoms with Crippen LogP contribution in [0.2, 0.25) is 0 Å². The molecule has 42 heavy (non-hydrogen) atoms. The smallest absolute Gasteiger partial charge is 0.250 e. The van der Waals surface area contributed by atoms with Gasteiger partial charge in [0.2, 0.25) is 23.6 Å². The van der Waals surface area contributed by atoms with Crippen LogP contribution in [0.5, 0.6) is 0 Å². The second-order valence-corrected chi connectivity index (χ2v) is 11.4. The van der Waals surface area contributed by atoms with Gasteiger partial charge in [-0.2, -0.15) is 0 Å². The molecule has 0 radical (unpaired) electrons. The van der Waals surface area contributed by atoms with Crippen molar-refractivity contribution in [3.63, 3.8) is 0 Å². The van der Waals surface area contributed by atoms with Gasteiger partial charge in [-0.15, -0.1) is 0 Å². The topological polar surface area (TPSA) is 111 Å². The van der Waals surface area contributed by atoms with E-state index >= 15 is 0 Å². The maximum atomic E-state index is 13.7. The van der Waals surface area contributed by atoms with Gasteiger partial charge in [-0.1, -0.05) is 79.4 Å². The molecule has 1 aliphatic carbocycles. The Hall–Kier alpha value is -3.98. The Morgan fingerprint density at radius 2 is 1.60 bits per heavy atom. The highest BCUT2D eigenvalue weighted by atomic mass is 16.2. The van der Waals surface area contributed by atoms with Gasteiger partial charge in [0, 0.05) is 18.8 Å². The van der Waals surface area contributed by atoms with Crippen molar-refractivity contribution in [1.29, 1.82) is 0 Å². The number of aryl methyl sites for hydroxylation is 1. The van der Waals surface area contributed by atoms with E-state index in [9.17, 15) is 19.2 Å². The standard InChI is InChI=1S/C33H43N5O4/c1-23-14-16-26(17-15-23)22-37-18-19-38(28(33(37)42)20-25-10-6-4-7-11-25)29(39)21-35-32(41)30(27-12-8-5-9-13-27)36-31(40)24(2)34-3/h4,6-7,10-11,14-19,24,27-28,30,34H,5,8-9,12-13,20-22H2,1-3H3,(H,35,41)(H,36,40)/t24-,28-,30-/m0/s1. The predicted molar refractivity (Wildman–Crippen MR) is 162 cm³/mol. The molecule has 2 aromatic carbocycles. The first-order chi connectivity index (χ1) is 20.3. The highest BCUT2D eigenvalue weighted by Crippen LogP contribution is 2.27. The summed E-state index contributed by atoms with van der Waals surface area (Å²) in [5, 5.41) is 8.59. The minimum absolute atomic E-state index is 0.0134. The van der Waals surface area contributed by atoms with E-state index in [4.69, 9.17) is 0 Å². The number of hydrogen-bond donors (Lipinski definition) is 3. The SMILES string of the molecule is CN[C@@H](C)C(=O)N[C@H](C(=O)NCC(=O)N1C=CN(Cc2ccc(C)cc2)C(=O)[C@@H]1Cc1ccccc1)C1CCCCC1. The summed E-state index contributed by atoms with van der Waals surface area (Å²) in [6.07, 6.45) is 8.43. The van der Waals surface area contributed by atoms with Crippen LogP contribution in [-0.2, 0) is 32.1 Å². The first kappa shape index (κ1) is 31.0. The number of likely N-dealkylation sites (N-methyl/N-ethyl adjacent to an activating group) is 1. The molecule has 3 N–H and O–H groups in total. The summed E-state index contributed by atoms with van der Waals surface area (Å²) in [5.74, 6) is -1.19. The molecule has 224 valence electrons. The average molecular weight is 574 g/mol. The Balaban J connectivity index is 1.48. The summed E-state index contributed by atoms with van der Waals surface area (Å²) < 4.78 is 0. The van der Waals surface area contributed by atoms with Gasteiger partial charge in [-0.25, -0.2) is 0 Å². The summed E-state index contributed by atoms with van der Waals surface area (Å²) >= 11 is 0. The van der Waals surface area contributed by atoms with Gasteiger partial charge in [-0.3, -0.25) is 19.2 Å². The maximum absolute atomic E-state index is 13.7. The van der Waals surface area contributed by atoms with Crippen LogP contribution < -0.4 is 16.0 Å². The van der Waals surface area contributed by atoms with Gasteiger partial charge in [0.1, 0.15) is 12.1 Å². The molecule has 0 aromatic heterocycles. The summed E-state index contributed by atoms with van der Waals surface area (Å²) in [4.78, 5) is 56.4. The van der Waals surface area contributed by atoms with Crippen LogP contribution in [0.4, 0.5) is 0 Å². The largest absolute Gasteiger partial charge is 0.345 e. The van der Waals surface area contributed by atoms with Gasteiger partial charge in [-0.05, 0) is 50.8 Å². The van der Waals surface area contributed by atoms with Crippen LogP contribution in [0, 0.1) is 12.8 Å². The van der Waals surface area contributed by atoms with Gasteiger partial charge in [0.05, 0.1) is 19.1 Å². The number of carbonyl (C=O) groups is 4. The second-order valence-electron chi connectivity index (χ2n) is 11.4. The van der Waals surface area contributed by atoms with E-state index in [-0.39, 0.29) is 36.1 Å². The molecule has 4 rings (SSSR count). The predicted octanol–water partition coefficient (Wildman–Crippen LogP) is 3.04. The molecule has 2 aliphatic rings. The Bertz CT molecular complexity index is 1260. The number of carbonyl (C=O) groups excluding carboxylic acids is 4. The first-order valence-corrected chi connectivity index (χ1v) is 14.9. The minimum Gasteiger partial charge on any atom is -0.345 e. The Kier molecular flexibility index (Phi) is 10.9. The fraction of sp³-hybridized carbons (Fsp3) is 0.455. The van der Waals surface area contributed by atoms with Gasteiger partial charge in [0.25, 0.3) is 0 Å². The quantitative estimate of drug-likeness (QED) is 0.383. The van der Waals surface area contributed by atoms with E-state index in [0.717, 1.165) is 48.8 Å². The van der Waals surface area contributed by atoms with Gasteiger partial charge < -0.3 is 25.8 Å². The molecule has 4 amide bonds. The number of hydrogen-bond acceptors (Lipinski definition) is 5. The molecule has 9 nitrogen and oxygen atoms in total. The molecule has 0 spiro atoms. The van der Waals surface area contributed by atoms with Crippen LogP contribution in [-0.4, -0.2) is 65.1 Å². The van der Waals surface area contributed by atoms with Crippen LogP contribution in [0.1, 0.15) is 55.7 Å². The van der Waals surface area contributed by atoms with Crippen molar-refractivity contribution in [2.45, 2.75) is 77.0 Å². The summed E-state index contributed by atoms with van der Waals surface area (Å²) in [7, 11) is 1.69. The molecular weight excluding hydrogens is 530 g/mol. The second kappa shape index (κ2) is 14.8. The fourth-order valence-corrected chi connectivity index (χ4v) is 5.58. The number of nitrogens with zero attached hydrogens (tertiary/aromatic N) is 2. The Morgan fingerprint density at radius 1 is 0.905 bits per heavy atom. The lowest BCUT2D eigenvalue weighted by Crippen LogP contribution is -2.57. The normalized spacial score (nSPS) is 18.8.